The highest BCUT2D eigenvalue weighted by Gasteiger charge is 2.10. The minimum Gasteiger partial charge on any atom is -0.393 e. The Morgan fingerprint density at radius 2 is 1.86 bits per heavy atom. The van der Waals surface area contributed by atoms with Crippen molar-refractivity contribution in [3.05, 3.63) is 35.9 Å². The van der Waals surface area contributed by atoms with Crippen LogP contribution in [0.15, 0.2) is 30.3 Å². The first-order chi connectivity index (χ1) is 6.74. The largest absolute Gasteiger partial charge is 0.393 e. The topological polar surface area (TPSA) is 29.5 Å². The highest BCUT2D eigenvalue weighted by Crippen LogP contribution is 2.16. The molecule has 0 saturated heterocycles. The van der Waals surface area contributed by atoms with Crippen LogP contribution in [0.25, 0.3) is 0 Å². The lowest BCUT2D eigenvalue weighted by Crippen LogP contribution is -2.12. The van der Waals surface area contributed by atoms with Crippen molar-refractivity contribution in [3.8, 4) is 0 Å². The van der Waals surface area contributed by atoms with Gasteiger partial charge in [-0.25, -0.2) is 0 Å². The molecule has 0 bridgehead atoms. The Morgan fingerprint density at radius 1 is 1.21 bits per heavy atom. The Balaban J connectivity index is 2.54. The van der Waals surface area contributed by atoms with Crippen molar-refractivity contribution < 1.29 is 9.84 Å². The molecule has 1 rings (SSSR count). The minimum atomic E-state index is -0.182. The van der Waals surface area contributed by atoms with E-state index in [1.807, 2.05) is 30.3 Å². The van der Waals surface area contributed by atoms with Crippen molar-refractivity contribution in [3.63, 3.8) is 0 Å². The molecule has 0 aliphatic carbocycles. The fraction of sp³-hybridized carbons (Fsp3) is 0.500. The summed E-state index contributed by atoms with van der Waals surface area (Å²) in [6.45, 7) is 4.91. The van der Waals surface area contributed by atoms with Crippen LogP contribution >= 0.6 is 0 Å². The first-order valence-electron chi connectivity index (χ1n) is 5.01. The second-order valence-electron chi connectivity index (χ2n) is 3.81. The normalized spacial score (nSPS) is 13.1. The molecule has 0 heterocycles. The van der Waals surface area contributed by atoms with E-state index in [1.54, 1.807) is 0 Å². The number of benzene rings is 1. The zero-order chi connectivity index (χ0) is 10.4. The molecule has 78 valence electrons. The number of aliphatic hydroxyl groups is 1. The van der Waals surface area contributed by atoms with Gasteiger partial charge >= 0.3 is 0 Å². The van der Waals surface area contributed by atoms with Gasteiger partial charge in [0, 0.05) is 6.61 Å². The van der Waals surface area contributed by atoms with Crippen molar-refractivity contribution in [2.45, 2.75) is 20.0 Å². The van der Waals surface area contributed by atoms with E-state index >= 15 is 0 Å². The number of hydrogen-bond donors (Lipinski definition) is 1. The van der Waals surface area contributed by atoms with Crippen LogP contribution in [-0.4, -0.2) is 18.3 Å². The van der Waals surface area contributed by atoms with Crippen LogP contribution < -0.4 is 0 Å². The lowest BCUT2D eigenvalue weighted by atomic mass is 10.1. The molecule has 0 spiro atoms. The lowest BCUT2D eigenvalue weighted by Gasteiger charge is -2.17. The first-order valence-corrected chi connectivity index (χ1v) is 5.01. The van der Waals surface area contributed by atoms with E-state index in [0.717, 1.165) is 5.56 Å². The molecule has 0 aliphatic heterocycles. The maximum atomic E-state index is 9.17. The van der Waals surface area contributed by atoms with E-state index in [9.17, 15) is 0 Å². The van der Waals surface area contributed by atoms with Gasteiger partial charge in [-0.15, -0.1) is 0 Å². The van der Waals surface area contributed by atoms with Gasteiger partial charge in [-0.2, -0.15) is 0 Å². The third-order valence-electron chi connectivity index (χ3n) is 1.97. The van der Waals surface area contributed by atoms with Gasteiger partial charge in [0.1, 0.15) is 6.10 Å². The molecular formula is C12H18O2. The second-order valence-corrected chi connectivity index (χ2v) is 3.81. The Labute approximate surface area is 85.5 Å². The van der Waals surface area contributed by atoms with Crippen molar-refractivity contribution in [2.75, 3.05) is 13.2 Å². The smallest absolute Gasteiger partial charge is 0.106 e. The highest BCUT2D eigenvalue weighted by molar-refractivity contribution is 5.17. The molecule has 0 fully saturated rings. The monoisotopic (exact) mass is 194 g/mol. The van der Waals surface area contributed by atoms with E-state index in [4.69, 9.17) is 9.84 Å². The van der Waals surface area contributed by atoms with Crippen molar-refractivity contribution in [1.29, 1.82) is 0 Å². The van der Waals surface area contributed by atoms with Crippen LogP contribution in [0.3, 0.4) is 0 Å². The maximum absolute atomic E-state index is 9.17. The molecule has 14 heavy (non-hydrogen) atoms. The summed E-state index contributed by atoms with van der Waals surface area (Å²) in [4.78, 5) is 0. The van der Waals surface area contributed by atoms with Crippen LogP contribution in [0.2, 0.25) is 0 Å². The summed E-state index contributed by atoms with van der Waals surface area (Å²) in [5.74, 6) is 0.493. The molecule has 1 aromatic carbocycles. The summed E-state index contributed by atoms with van der Waals surface area (Å²) in [6.07, 6.45) is -0.182. The molecule has 2 heteroatoms. The van der Waals surface area contributed by atoms with E-state index in [-0.39, 0.29) is 12.7 Å². The molecule has 0 radical (unpaired) electrons. The van der Waals surface area contributed by atoms with Crippen LogP contribution in [0.1, 0.15) is 25.5 Å². The fourth-order valence-corrected chi connectivity index (χ4v) is 1.23. The zero-order valence-electron chi connectivity index (χ0n) is 8.81. The quantitative estimate of drug-likeness (QED) is 0.780. The van der Waals surface area contributed by atoms with E-state index in [2.05, 4.69) is 13.8 Å². The molecule has 0 aliphatic rings. The van der Waals surface area contributed by atoms with E-state index < -0.39 is 0 Å². The molecule has 1 N–H and O–H groups in total. The van der Waals surface area contributed by atoms with Gasteiger partial charge in [-0.05, 0) is 11.5 Å². The second kappa shape index (κ2) is 5.78. The SMILES string of the molecule is CC(C)CO[C@@H](CO)c1ccccc1. The summed E-state index contributed by atoms with van der Waals surface area (Å²) >= 11 is 0. The van der Waals surface area contributed by atoms with E-state index in [1.165, 1.54) is 0 Å². The molecular weight excluding hydrogens is 176 g/mol. The number of hydrogen-bond acceptors (Lipinski definition) is 2. The number of aliphatic hydroxyl groups excluding tert-OH is 1. The van der Waals surface area contributed by atoms with Gasteiger partial charge in [0.25, 0.3) is 0 Å². The summed E-state index contributed by atoms with van der Waals surface area (Å²) in [6, 6.07) is 9.82. The standard InChI is InChI=1S/C12H18O2/c1-10(2)9-14-12(8-13)11-6-4-3-5-7-11/h3-7,10,12-13H,8-9H2,1-2H3/t12-/m0/s1. The van der Waals surface area contributed by atoms with Gasteiger partial charge in [-0.1, -0.05) is 44.2 Å². The maximum Gasteiger partial charge on any atom is 0.106 e. The Hall–Kier alpha value is -0.860. The lowest BCUT2D eigenvalue weighted by molar-refractivity contribution is -0.00112. The molecule has 0 aromatic heterocycles. The van der Waals surface area contributed by atoms with Crippen molar-refractivity contribution in [2.24, 2.45) is 5.92 Å². The minimum absolute atomic E-state index is 0.0384. The highest BCUT2D eigenvalue weighted by atomic mass is 16.5. The first kappa shape index (κ1) is 11.2. The molecule has 0 amide bonds. The van der Waals surface area contributed by atoms with Crippen LogP contribution in [0.4, 0.5) is 0 Å². The van der Waals surface area contributed by atoms with Crippen molar-refractivity contribution in [1.82, 2.24) is 0 Å². The Morgan fingerprint density at radius 3 is 2.36 bits per heavy atom. The number of rotatable bonds is 5. The average molecular weight is 194 g/mol. The summed E-state index contributed by atoms with van der Waals surface area (Å²) in [5, 5.41) is 9.17. The molecule has 1 atom stereocenters. The Bertz CT molecular complexity index is 244. The molecule has 0 saturated carbocycles. The summed E-state index contributed by atoms with van der Waals surface area (Å²) in [5.41, 5.74) is 1.04. The number of ether oxygens (including phenoxy) is 1. The Kier molecular flexibility index (Phi) is 4.63. The van der Waals surface area contributed by atoms with Crippen molar-refractivity contribution >= 4 is 0 Å². The van der Waals surface area contributed by atoms with Gasteiger partial charge in [0.15, 0.2) is 0 Å². The predicted molar refractivity (Wildman–Crippen MR) is 57.1 cm³/mol. The molecule has 1 aromatic rings. The van der Waals surface area contributed by atoms with Gasteiger partial charge in [-0.3, -0.25) is 0 Å². The third-order valence-corrected chi connectivity index (χ3v) is 1.97. The van der Waals surface area contributed by atoms with Crippen LogP contribution in [-0.2, 0) is 4.74 Å². The molecule has 2 nitrogen and oxygen atoms in total. The van der Waals surface area contributed by atoms with Gasteiger partial charge in [0.2, 0.25) is 0 Å². The van der Waals surface area contributed by atoms with Gasteiger partial charge in [0.05, 0.1) is 6.61 Å². The summed E-state index contributed by atoms with van der Waals surface area (Å²) < 4.78 is 5.59. The van der Waals surface area contributed by atoms with E-state index in [0.29, 0.717) is 12.5 Å². The van der Waals surface area contributed by atoms with Gasteiger partial charge < -0.3 is 9.84 Å². The molecule has 0 unspecified atom stereocenters. The fourth-order valence-electron chi connectivity index (χ4n) is 1.23. The zero-order valence-corrected chi connectivity index (χ0v) is 8.81. The predicted octanol–water partition coefficient (Wildman–Crippen LogP) is 2.39. The summed E-state index contributed by atoms with van der Waals surface area (Å²) in [7, 11) is 0. The third kappa shape index (κ3) is 3.48. The van der Waals surface area contributed by atoms with Crippen LogP contribution in [0.5, 0.6) is 0 Å². The average Bonchev–Trinajstić information content (AvgIpc) is 2.20. The van der Waals surface area contributed by atoms with Crippen LogP contribution in [0, 0.1) is 5.92 Å².